The topological polar surface area (TPSA) is 128 Å². The smallest absolute Gasteiger partial charge is 0.343 e. The first kappa shape index (κ1) is 17.8. The molecule has 0 aliphatic carbocycles. The number of phenols is 1. The van der Waals surface area contributed by atoms with Gasteiger partial charge in [0, 0.05) is 23.1 Å². The SMILES string of the molecule is CC[C@@]1(O)C(=O)OC(CN)c2c1cc1n(c2=O)Cc2cc3c(O)cccc3nc2-1. The van der Waals surface area contributed by atoms with Crippen LogP contribution in [0.5, 0.6) is 5.75 Å². The number of hydrogen-bond acceptors (Lipinski definition) is 7. The van der Waals surface area contributed by atoms with E-state index in [2.05, 4.69) is 4.98 Å². The van der Waals surface area contributed by atoms with Crippen LogP contribution in [0.25, 0.3) is 22.3 Å². The van der Waals surface area contributed by atoms with Crippen LogP contribution in [-0.4, -0.2) is 32.3 Å². The zero-order valence-electron chi connectivity index (χ0n) is 15.7. The van der Waals surface area contributed by atoms with Crippen molar-refractivity contribution in [3.05, 3.63) is 57.4 Å². The highest BCUT2D eigenvalue weighted by Gasteiger charge is 2.48. The van der Waals surface area contributed by atoms with Gasteiger partial charge < -0.3 is 25.3 Å². The van der Waals surface area contributed by atoms with Crippen molar-refractivity contribution in [1.82, 2.24) is 9.55 Å². The number of nitrogens with two attached hydrogens (primary N) is 1. The Bertz CT molecular complexity index is 1270. The fourth-order valence-corrected chi connectivity index (χ4v) is 4.30. The van der Waals surface area contributed by atoms with Crippen LogP contribution < -0.4 is 11.3 Å². The number of benzene rings is 1. The predicted molar refractivity (Wildman–Crippen MR) is 104 cm³/mol. The number of hydrogen-bond donors (Lipinski definition) is 3. The van der Waals surface area contributed by atoms with E-state index >= 15 is 0 Å². The van der Waals surface area contributed by atoms with Gasteiger partial charge in [0.1, 0.15) is 11.9 Å². The summed E-state index contributed by atoms with van der Waals surface area (Å²) in [6.07, 6.45) is -0.848. The van der Waals surface area contributed by atoms with Crippen LogP contribution in [0.15, 0.2) is 35.1 Å². The first-order valence-electron chi connectivity index (χ1n) is 9.42. The van der Waals surface area contributed by atoms with Crippen LogP contribution in [0.4, 0.5) is 0 Å². The quantitative estimate of drug-likeness (QED) is 0.438. The van der Waals surface area contributed by atoms with Crippen LogP contribution in [0.2, 0.25) is 0 Å². The van der Waals surface area contributed by atoms with Gasteiger partial charge in [0.2, 0.25) is 0 Å². The second-order valence-corrected chi connectivity index (χ2v) is 7.43. The zero-order valence-corrected chi connectivity index (χ0v) is 15.7. The minimum Gasteiger partial charge on any atom is -0.507 e. The van der Waals surface area contributed by atoms with E-state index in [4.69, 9.17) is 10.5 Å². The fourth-order valence-electron chi connectivity index (χ4n) is 4.30. The van der Waals surface area contributed by atoms with Crippen LogP contribution in [0, 0.1) is 0 Å². The third-order valence-corrected chi connectivity index (χ3v) is 5.90. The zero-order chi connectivity index (χ0) is 20.5. The number of aliphatic hydroxyl groups is 1. The summed E-state index contributed by atoms with van der Waals surface area (Å²) >= 11 is 0. The number of fused-ring (bicyclic) bond motifs is 5. The molecule has 29 heavy (non-hydrogen) atoms. The number of esters is 1. The standard InChI is InChI=1S/C21H19N3O5/c1-2-21(28)12-7-14-18-10(6-11-13(23-18)4-3-5-15(11)25)9-24(14)19(26)17(12)16(8-22)29-20(21)27/h3-7,16,25,28H,2,8-9,22H2,1H3/t16?,21-/m0/s1. The first-order valence-corrected chi connectivity index (χ1v) is 9.42. The molecule has 2 aliphatic heterocycles. The number of aromatic nitrogens is 2. The van der Waals surface area contributed by atoms with Gasteiger partial charge in [-0.15, -0.1) is 0 Å². The molecule has 2 aromatic heterocycles. The second-order valence-electron chi connectivity index (χ2n) is 7.43. The number of carbonyl (C=O) groups excluding carboxylic acids is 1. The molecule has 4 N–H and O–H groups in total. The van der Waals surface area contributed by atoms with Gasteiger partial charge in [0.15, 0.2) is 5.60 Å². The maximum atomic E-state index is 13.3. The Labute approximate surface area is 165 Å². The highest BCUT2D eigenvalue weighted by molar-refractivity contribution is 5.89. The minimum absolute atomic E-state index is 0.0594. The summed E-state index contributed by atoms with van der Waals surface area (Å²) in [6.45, 7) is 1.86. The molecule has 8 nitrogen and oxygen atoms in total. The van der Waals surface area contributed by atoms with Crippen molar-refractivity contribution < 1.29 is 19.7 Å². The Kier molecular flexibility index (Phi) is 3.62. The van der Waals surface area contributed by atoms with Gasteiger partial charge >= 0.3 is 5.97 Å². The van der Waals surface area contributed by atoms with Crippen molar-refractivity contribution in [2.45, 2.75) is 31.6 Å². The Morgan fingerprint density at radius 1 is 1.34 bits per heavy atom. The summed E-state index contributed by atoms with van der Waals surface area (Å²) in [5.41, 5.74) is 6.38. The molecule has 0 bridgehead atoms. The highest BCUT2D eigenvalue weighted by Crippen LogP contribution is 2.42. The van der Waals surface area contributed by atoms with Crippen molar-refractivity contribution >= 4 is 16.9 Å². The molecule has 2 atom stereocenters. The molecule has 2 aliphatic rings. The average Bonchev–Trinajstić information content (AvgIpc) is 3.08. The second kappa shape index (κ2) is 5.88. The maximum absolute atomic E-state index is 13.3. The van der Waals surface area contributed by atoms with Gasteiger partial charge in [-0.25, -0.2) is 9.78 Å². The number of ether oxygens (including phenoxy) is 1. The number of phenolic OH excluding ortho intramolecular Hbond substituents is 1. The van der Waals surface area contributed by atoms with E-state index in [0.717, 1.165) is 5.56 Å². The summed E-state index contributed by atoms with van der Waals surface area (Å²) in [4.78, 5) is 30.4. The van der Waals surface area contributed by atoms with E-state index in [9.17, 15) is 19.8 Å². The van der Waals surface area contributed by atoms with Crippen LogP contribution in [0.1, 0.15) is 36.1 Å². The summed E-state index contributed by atoms with van der Waals surface area (Å²) in [6, 6.07) is 8.52. The Morgan fingerprint density at radius 3 is 2.86 bits per heavy atom. The molecule has 0 saturated carbocycles. The molecule has 0 radical (unpaired) electrons. The molecule has 0 saturated heterocycles. The van der Waals surface area contributed by atoms with Gasteiger partial charge in [0.05, 0.1) is 29.0 Å². The monoisotopic (exact) mass is 393 g/mol. The molecule has 1 unspecified atom stereocenters. The lowest BCUT2D eigenvalue weighted by Crippen LogP contribution is -2.47. The normalized spacial score (nSPS) is 22.2. The number of cyclic esters (lactones) is 1. The number of nitrogens with zero attached hydrogens (tertiary/aromatic N) is 2. The number of aromatic hydroxyl groups is 1. The molecular weight excluding hydrogens is 374 g/mol. The molecule has 0 spiro atoms. The van der Waals surface area contributed by atoms with Gasteiger partial charge in [-0.3, -0.25) is 4.79 Å². The Balaban J connectivity index is 1.82. The van der Waals surface area contributed by atoms with E-state index in [-0.39, 0.29) is 41.9 Å². The lowest BCUT2D eigenvalue weighted by molar-refractivity contribution is -0.177. The molecular formula is C21H19N3O5. The van der Waals surface area contributed by atoms with E-state index in [1.165, 1.54) is 0 Å². The van der Waals surface area contributed by atoms with Gasteiger partial charge in [0.25, 0.3) is 5.56 Å². The number of carbonyl (C=O) groups is 1. The van der Waals surface area contributed by atoms with Crippen molar-refractivity contribution in [2.75, 3.05) is 6.54 Å². The third-order valence-electron chi connectivity index (χ3n) is 5.90. The highest BCUT2D eigenvalue weighted by atomic mass is 16.6. The summed E-state index contributed by atoms with van der Waals surface area (Å²) in [7, 11) is 0. The molecule has 5 rings (SSSR count). The lowest BCUT2D eigenvalue weighted by Gasteiger charge is -2.35. The molecule has 8 heteroatoms. The maximum Gasteiger partial charge on any atom is 0.343 e. The van der Waals surface area contributed by atoms with E-state index < -0.39 is 17.7 Å². The van der Waals surface area contributed by atoms with Crippen molar-refractivity contribution in [3.63, 3.8) is 0 Å². The van der Waals surface area contributed by atoms with Crippen LogP contribution in [-0.2, 0) is 21.7 Å². The minimum atomic E-state index is -1.91. The average molecular weight is 393 g/mol. The Hall–Kier alpha value is -3.23. The molecule has 1 aromatic carbocycles. The van der Waals surface area contributed by atoms with Crippen LogP contribution in [0.3, 0.4) is 0 Å². The van der Waals surface area contributed by atoms with E-state index in [0.29, 0.717) is 22.3 Å². The number of rotatable bonds is 2. The largest absolute Gasteiger partial charge is 0.507 e. The van der Waals surface area contributed by atoms with Crippen LogP contribution >= 0.6 is 0 Å². The van der Waals surface area contributed by atoms with Gasteiger partial charge in [-0.05, 0) is 30.7 Å². The first-order chi connectivity index (χ1) is 13.9. The molecule has 148 valence electrons. The molecule has 0 amide bonds. The van der Waals surface area contributed by atoms with Crippen molar-refractivity contribution in [1.29, 1.82) is 0 Å². The fraction of sp³-hybridized carbons (Fsp3) is 0.286. The molecule has 4 heterocycles. The summed E-state index contributed by atoms with van der Waals surface area (Å²) in [5.74, 6) is -0.690. The Morgan fingerprint density at radius 2 is 2.14 bits per heavy atom. The van der Waals surface area contributed by atoms with Crippen molar-refractivity contribution in [2.24, 2.45) is 5.73 Å². The van der Waals surface area contributed by atoms with Crippen molar-refractivity contribution in [3.8, 4) is 17.1 Å². The predicted octanol–water partition coefficient (Wildman–Crippen LogP) is 1.28. The molecule has 0 fully saturated rings. The summed E-state index contributed by atoms with van der Waals surface area (Å²) < 4.78 is 6.83. The van der Waals surface area contributed by atoms with E-state index in [1.807, 2.05) is 6.07 Å². The van der Waals surface area contributed by atoms with Gasteiger partial charge in [-0.1, -0.05) is 13.0 Å². The molecule has 3 aromatic rings. The summed E-state index contributed by atoms with van der Waals surface area (Å²) in [5, 5.41) is 21.7. The lowest BCUT2D eigenvalue weighted by atomic mass is 9.83. The van der Waals surface area contributed by atoms with E-state index in [1.54, 1.807) is 35.8 Å². The number of pyridine rings is 2. The third kappa shape index (κ3) is 2.24. The van der Waals surface area contributed by atoms with Gasteiger partial charge in [-0.2, -0.15) is 0 Å².